The third-order valence-corrected chi connectivity index (χ3v) is 2.47. The van der Waals surface area contributed by atoms with Crippen molar-refractivity contribution in [3.63, 3.8) is 0 Å². The predicted molar refractivity (Wildman–Crippen MR) is 51.0 cm³/mol. The first-order chi connectivity index (χ1) is 6.40. The fourth-order valence-corrected chi connectivity index (χ4v) is 1.66. The summed E-state index contributed by atoms with van der Waals surface area (Å²) in [5.74, 6) is 1.42. The maximum Gasteiger partial charge on any atom is 0.137 e. The number of pyridine rings is 1. The summed E-state index contributed by atoms with van der Waals surface area (Å²) < 4.78 is 5.05. The second-order valence-corrected chi connectivity index (χ2v) is 3.31. The Bertz CT molecular complexity index is 265. The van der Waals surface area contributed by atoms with Gasteiger partial charge in [-0.3, -0.25) is 4.98 Å². The summed E-state index contributed by atoms with van der Waals surface area (Å²) in [5.41, 5.74) is 1.17. The van der Waals surface area contributed by atoms with Crippen molar-refractivity contribution in [3.8, 4) is 5.75 Å². The number of aromatic nitrogens is 1. The first-order valence-electron chi connectivity index (χ1n) is 4.61. The van der Waals surface area contributed by atoms with Crippen LogP contribution in [0.4, 0.5) is 0 Å². The zero-order chi connectivity index (χ0) is 9.10. The van der Waals surface area contributed by atoms with Crippen LogP contribution >= 0.6 is 0 Å². The van der Waals surface area contributed by atoms with Crippen molar-refractivity contribution < 1.29 is 4.74 Å². The van der Waals surface area contributed by atoms with Gasteiger partial charge >= 0.3 is 0 Å². The van der Waals surface area contributed by atoms with E-state index in [9.17, 15) is 0 Å². The Kier molecular flexibility index (Phi) is 2.45. The molecule has 1 fully saturated rings. The molecule has 1 N–H and O–H groups in total. The number of hydrogen-bond donors (Lipinski definition) is 1. The van der Waals surface area contributed by atoms with E-state index in [1.165, 1.54) is 12.1 Å². The van der Waals surface area contributed by atoms with Crippen LogP contribution in [0.25, 0.3) is 0 Å². The summed E-state index contributed by atoms with van der Waals surface area (Å²) in [6.07, 6.45) is 2.98. The summed E-state index contributed by atoms with van der Waals surface area (Å²) in [7, 11) is 1.66. The van der Waals surface area contributed by atoms with Gasteiger partial charge < -0.3 is 10.1 Å². The average molecular weight is 178 g/mol. The molecule has 3 heteroatoms. The molecule has 3 nitrogen and oxygen atoms in total. The predicted octanol–water partition coefficient (Wildman–Crippen LogP) is 1.17. The zero-order valence-electron chi connectivity index (χ0n) is 7.79. The van der Waals surface area contributed by atoms with Gasteiger partial charge in [-0.05, 0) is 25.1 Å². The Labute approximate surface area is 78.1 Å². The topological polar surface area (TPSA) is 34.1 Å². The number of ether oxygens (including phenoxy) is 1. The van der Waals surface area contributed by atoms with Crippen molar-refractivity contribution in [2.45, 2.75) is 12.3 Å². The minimum absolute atomic E-state index is 0.589. The molecule has 2 heterocycles. The SMILES string of the molecule is COc1ccc(C2CCNC2)nc1. The van der Waals surface area contributed by atoms with Gasteiger partial charge in [0.25, 0.3) is 0 Å². The van der Waals surface area contributed by atoms with Gasteiger partial charge in [0.15, 0.2) is 0 Å². The monoisotopic (exact) mass is 178 g/mol. The first-order valence-corrected chi connectivity index (χ1v) is 4.61. The van der Waals surface area contributed by atoms with Crippen molar-refractivity contribution in [2.24, 2.45) is 0 Å². The molecule has 0 radical (unpaired) electrons. The molecular weight excluding hydrogens is 164 g/mol. The maximum atomic E-state index is 5.05. The molecular formula is C10H14N2O. The lowest BCUT2D eigenvalue weighted by atomic mass is 10.0. The van der Waals surface area contributed by atoms with Crippen molar-refractivity contribution >= 4 is 0 Å². The Hall–Kier alpha value is -1.09. The van der Waals surface area contributed by atoms with E-state index in [1.54, 1.807) is 13.3 Å². The lowest BCUT2D eigenvalue weighted by molar-refractivity contribution is 0.412. The van der Waals surface area contributed by atoms with Crippen molar-refractivity contribution in [1.82, 2.24) is 10.3 Å². The second kappa shape index (κ2) is 3.75. The highest BCUT2D eigenvalue weighted by Gasteiger charge is 2.17. The van der Waals surface area contributed by atoms with Gasteiger partial charge in [0.05, 0.1) is 13.3 Å². The van der Waals surface area contributed by atoms with Gasteiger partial charge in [-0.2, -0.15) is 0 Å². The van der Waals surface area contributed by atoms with Crippen LogP contribution in [-0.4, -0.2) is 25.2 Å². The highest BCUT2D eigenvalue weighted by atomic mass is 16.5. The Balaban J connectivity index is 2.12. The van der Waals surface area contributed by atoms with Crippen LogP contribution in [-0.2, 0) is 0 Å². The fraction of sp³-hybridized carbons (Fsp3) is 0.500. The van der Waals surface area contributed by atoms with Crippen LogP contribution in [0.5, 0.6) is 5.75 Å². The lowest BCUT2D eigenvalue weighted by Gasteiger charge is -2.07. The van der Waals surface area contributed by atoms with Crippen molar-refractivity contribution in [3.05, 3.63) is 24.0 Å². The molecule has 1 aromatic heterocycles. The molecule has 0 amide bonds. The first kappa shape index (κ1) is 8.51. The highest BCUT2D eigenvalue weighted by Crippen LogP contribution is 2.21. The van der Waals surface area contributed by atoms with Crippen LogP contribution in [0, 0.1) is 0 Å². The van der Waals surface area contributed by atoms with Crippen LogP contribution in [0.2, 0.25) is 0 Å². The van der Waals surface area contributed by atoms with Crippen LogP contribution in [0.3, 0.4) is 0 Å². The van der Waals surface area contributed by atoms with Crippen LogP contribution in [0.15, 0.2) is 18.3 Å². The van der Waals surface area contributed by atoms with E-state index in [0.717, 1.165) is 18.8 Å². The van der Waals surface area contributed by atoms with E-state index >= 15 is 0 Å². The van der Waals surface area contributed by atoms with Crippen molar-refractivity contribution in [2.75, 3.05) is 20.2 Å². The van der Waals surface area contributed by atoms with E-state index in [4.69, 9.17) is 4.74 Å². The van der Waals surface area contributed by atoms with Crippen LogP contribution < -0.4 is 10.1 Å². The van der Waals surface area contributed by atoms with Gasteiger partial charge in [0.1, 0.15) is 5.75 Å². The average Bonchev–Trinajstić information content (AvgIpc) is 2.71. The molecule has 0 bridgehead atoms. The summed E-state index contributed by atoms with van der Waals surface area (Å²) in [4.78, 5) is 4.37. The number of hydrogen-bond acceptors (Lipinski definition) is 3. The minimum Gasteiger partial charge on any atom is -0.495 e. The number of nitrogens with one attached hydrogen (secondary N) is 1. The van der Waals surface area contributed by atoms with Gasteiger partial charge in [0, 0.05) is 18.2 Å². The largest absolute Gasteiger partial charge is 0.495 e. The molecule has 1 saturated heterocycles. The highest BCUT2D eigenvalue weighted by molar-refractivity contribution is 5.22. The summed E-state index contributed by atoms with van der Waals surface area (Å²) in [5, 5.41) is 3.33. The van der Waals surface area contributed by atoms with Gasteiger partial charge in [-0.15, -0.1) is 0 Å². The summed E-state index contributed by atoms with van der Waals surface area (Å²) in [6.45, 7) is 2.16. The molecule has 13 heavy (non-hydrogen) atoms. The molecule has 0 aromatic carbocycles. The molecule has 70 valence electrons. The molecule has 0 saturated carbocycles. The molecule has 2 rings (SSSR count). The Morgan fingerprint density at radius 2 is 2.46 bits per heavy atom. The van der Waals surface area contributed by atoms with Gasteiger partial charge in [0.2, 0.25) is 0 Å². The molecule has 0 aliphatic carbocycles. The molecule has 0 spiro atoms. The molecule has 1 unspecified atom stereocenters. The Morgan fingerprint density at radius 1 is 1.54 bits per heavy atom. The normalized spacial score (nSPS) is 21.8. The molecule has 1 aliphatic rings. The van der Waals surface area contributed by atoms with Gasteiger partial charge in [-0.1, -0.05) is 0 Å². The van der Waals surface area contributed by atoms with E-state index in [2.05, 4.69) is 16.4 Å². The second-order valence-electron chi connectivity index (χ2n) is 3.31. The number of rotatable bonds is 2. The number of nitrogens with zero attached hydrogens (tertiary/aromatic N) is 1. The number of methoxy groups -OCH3 is 1. The summed E-state index contributed by atoms with van der Waals surface area (Å²) in [6, 6.07) is 4.02. The maximum absolute atomic E-state index is 5.05. The van der Waals surface area contributed by atoms with E-state index in [1.807, 2.05) is 6.07 Å². The Morgan fingerprint density at radius 3 is 3.00 bits per heavy atom. The third kappa shape index (κ3) is 1.80. The summed E-state index contributed by atoms with van der Waals surface area (Å²) >= 11 is 0. The third-order valence-electron chi connectivity index (χ3n) is 2.47. The minimum atomic E-state index is 0.589. The van der Waals surface area contributed by atoms with E-state index in [-0.39, 0.29) is 0 Å². The van der Waals surface area contributed by atoms with Gasteiger partial charge in [-0.25, -0.2) is 0 Å². The molecule has 1 aliphatic heterocycles. The molecule has 1 atom stereocenters. The van der Waals surface area contributed by atoms with Crippen molar-refractivity contribution in [1.29, 1.82) is 0 Å². The van der Waals surface area contributed by atoms with E-state index in [0.29, 0.717) is 5.92 Å². The smallest absolute Gasteiger partial charge is 0.137 e. The fourth-order valence-electron chi connectivity index (χ4n) is 1.66. The van der Waals surface area contributed by atoms with Crippen LogP contribution in [0.1, 0.15) is 18.0 Å². The molecule has 1 aromatic rings. The van der Waals surface area contributed by atoms with E-state index < -0.39 is 0 Å². The quantitative estimate of drug-likeness (QED) is 0.738. The zero-order valence-corrected chi connectivity index (χ0v) is 7.79. The standard InChI is InChI=1S/C10H14N2O/c1-13-9-2-3-10(12-7-9)8-4-5-11-6-8/h2-3,7-8,11H,4-6H2,1H3. The lowest BCUT2D eigenvalue weighted by Crippen LogP contribution is -2.08.